The number of aliphatic hydroxyl groups excluding tert-OH is 1. The summed E-state index contributed by atoms with van der Waals surface area (Å²) in [6.07, 6.45) is 2.27. The van der Waals surface area contributed by atoms with Crippen LogP contribution in [0.5, 0.6) is 11.5 Å². The lowest BCUT2D eigenvalue weighted by Crippen LogP contribution is -2.29. The molecule has 150 valence electrons. The number of aliphatic hydroxyl groups is 1. The van der Waals surface area contributed by atoms with Gasteiger partial charge in [0.25, 0.3) is 0 Å². The summed E-state index contributed by atoms with van der Waals surface area (Å²) in [5.41, 5.74) is 1.98. The van der Waals surface area contributed by atoms with Crippen molar-refractivity contribution in [2.75, 3.05) is 0 Å². The van der Waals surface area contributed by atoms with Crippen LogP contribution in [-0.4, -0.2) is 23.1 Å². The van der Waals surface area contributed by atoms with Crippen LogP contribution in [0, 0.1) is 17.7 Å². The SMILES string of the molecule is CCc1ccc(Oc2ccc(Br)cc2F)cc1C1=C(O)[C@@H]2C3CCC(O3)[C@@H]2C1=O. The molecule has 0 amide bonds. The Morgan fingerprint density at radius 3 is 2.62 bits per heavy atom. The predicted octanol–water partition coefficient (Wildman–Crippen LogP) is 5.59. The Morgan fingerprint density at radius 1 is 1.17 bits per heavy atom. The van der Waals surface area contributed by atoms with Crippen molar-refractivity contribution in [3.8, 4) is 11.5 Å². The van der Waals surface area contributed by atoms with Gasteiger partial charge in [0.1, 0.15) is 11.5 Å². The second kappa shape index (κ2) is 6.96. The second-order valence-corrected chi connectivity index (χ2v) is 8.73. The number of rotatable bonds is 4. The summed E-state index contributed by atoms with van der Waals surface area (Å²) in [6.45, 7) is 2.00. The van der Waals surface area contributed by atoms with Crippen LogP contribution < -0.4 is 4.74 Å². The number of hydrogen-bond acceptors (Lipinski definition) is 4. The molecule has 2 unspecified atom stereocenters. The third kappa shape index (κ3) is 2.92. The number of fused-ring (bicyclic) bond motifs is 5. The molecule has 0 spiro atoms. The van der Waals surface area contributed by atoms with Crippen molar-refractivity contribution in [2.45, 2.75) is 38.4 Å². The molecule has 4 atom stereocenters. The molecule has 2 aromatic carbocycles. The van der Waals surface area contributed by atoms with E-state index in [-0.39, 0.29) is 41.3 Å². The van der Waals surface area contributed by atoms with Crippen LogP contribution in [0.4, 0.5) is 4.39 Å². The van der Waals surface area contributed by atoms with E-state index in [4.69, 9.17) is 9.47 Å². The Bertz CT molecular complexity index is 1050. The van der Waals surface area contributed by atoms with Crippen molar-refractivity contribution < 1.29 is 23.8 Å². The monoisotopic (exact) mass is 458 g/mol. The molecule has 5 rings (SSSR count). The quantitative estimate of drug-likeness (QED) is 0.648. The zero-order chi connectivity index (χ0) is 20.3. The van der Waals surface area contributed by atoms with Gasteiger partial charge in [0.05, 0.1) is 29.6 Å². The van der Waals surface area contributed by atoms with Crippen LogP contribution >= 0.6 is 15.9 Å². The van der Waals surface area contributed by atoms with E-state index >= 15 is 0 Å². The molecule has 2 aliphatic heterocycles. The van der Waals surface area contributed by atoms with Crippen molar-refractivity contribution >= 4 is 27.3 Å². The van der Waals surface area contributed by atoms with E-state index in [1.165, 1.54) is 6.07 Å². The van der Waals surface area contributed by atoms with E-state index < -0.39 is 5.82 Å². The molecule has 0 radical (unpaired) electrons. The molecule has 4 nitrogen and oxygen atoms in total. The molecule has 0 aromatic heterocycles. The number of hydrogen-bond donors (Lipinski definition) is 1. The summed E-state index contributed by atoms with van der Waals surface area (Å²) in [4.78, 5) is 13.2. The molecular formula is C23H20BrFO4. The van der Waals surface area contributed by atoms with Gasteiger partial charge in [-0.1, -0.05) is 28.9 Å². The molecule has 2 saturated heterocycles. The van der Waals surface area contributed by atoms with Gasteiger partial charge in [0, 0.05) is 4.47 Å². The number of carbonyl (C=O) groups excluding carboxylic acids is 1. The Balaban J connectivity index is 1.54. The number of allylic oxidation sites excluding steroid dienone is 1. The minimum atomic E-state index is -0.484. The van der Waals surface area contributed by atoms with E-state index in [1.807, 2.05) is 13.0 Å². The van der Waals surface area contributed by atoms with Crippen LogP contribution in [0.2, 0.25) is 0 Å². The highest BCUT2D eigenvalue weighted by Gasteiger charge is 2.59. The molecule has 2 aromatic rings. The average Bonchev–Trinajstić information content (AvgIpc) is 3.38. The van der Waals surface area contributed by atoms with E-state index in [2.05, 4.69) is 15.9 Å². The fourth-order valence-electron chi connectivity index (χ4n) is 4.93. The van der Waals surface area contributed by atoms with E-state index in [1.54, 1.807) is 24.3 Å². The van der Waals surface area contributed by atoms with Crippen molar-refractivity contribution in [1.29, 1.82) is 0 Å². The Labute approximate surface area is 176 Å². The number of benzene rings is 2. The molecule has 1 N–H and O–H groups in total. The zero-order valence-electron chi connectivity index (χ0n) is 15.8. The highest BCUT2D eigenvalue weighted by Crippen LogP contribution is 2.54. The molecule has 2 heterocycles. The zero-order valence-corrected chi connectivity index (χ0v) is 17.4. The van der Waals surface area contributed by atoms with Gasteiger partial charge in [-0.3, -0.25) is 4.79 Å². The molecule has 6 heteroatoms. The third-order valence-electron chi connectivity index (χ3n) is 6.25. The Morgan fingerprint density at radius 2 is 1.93 bits per heavy atom. The molecule has 2 bridgehead atoms. The van der Waals surface area contributed by atoms with Crippen molar-refractivity contribution in [3.05, 3.63) is 63.6 Å². The van der Waals surface area contributed by atoms with Crippen molar-refractivity contribution in [3.63, 3.8) is 0 Å². The van der Waals surface area contributed by atoms with E-state index in [0.29, 0.717) is 27.8 Å². The minimum absolute atomic E-state index is 0.0543. The summed E-state index contributed by atoms with van der Waals surface area (Å²) in [6, 6.07) is 9.94. The highest BCUT2D eigenvalue weighted by molar-refractivity contribution is 9.10. The molecule has 1 aliphatic carbocycles. The van der Waals surface area contributed by atoms with Crippen LogP contribution in [0.15, 0.2) is 46.6 Å². The number of aryl methyl sites for hydroxylation is 1. The maximum Gasteiger partial charge on any atom is 0.173 e. The van der Waals surface area contributed by atoms with Gasteiger partial charge in [-0.25, -0.2) is 4.39 Å². The summed E-state index contributed by atoms with van der Waals surface area (Å²) >= 11 is 3.23. The number of carbonyl (C=O) groups is 1. The first-order valence-electron chi connectivity index (χ1n) is 9.87. The smallest absolute Gasteiger partial charge is 0.173 e. The van der Waals surface area contributed by atoms with Crippen LogP contribution in [0.3, 0.4) is 0 Å². The first-order valence-corrected chi connectivity index (χ1v) is 10.7. The molecule has 0 saturated carbocycles. The first-order chi connectivity index (χ1) is 14.0. The van der Waals surface area contributed by atoms with Crippen molar-refractivity contribution in [2.24, 2.45) is 11.8 Å². The molecule has 29 heavy (non-hydrogen) atoms. The summed E-state index contributed by atoms with van der Waals surface area (Å²) in [5.74, 6) is -0.417. The Kier molecular flexibility index (Phi) is 4.51. The number of halogens is 2. The standard InChI is InChI=1S/C23H20BrFO4/c1-2-11-3-5-13(28-16-6-4-12(24)9-15(16)25)10-14(11)19-22(26)20-17-7-8-18(29-17)21(20)23(19)27/h3-6,9-10,17-18,20-21,26H,2,7-8H2,1H3/t17?,18?,20-,21+/m1/s1. The first kappa shape index (κ1) is 18.8. The lowest BCUT2D eigenvalue weighted by Gasteiger charge is -2.19. The number of ketones is 1. The predicted molar refractivity (Wildman–Crippen MR) is 109 cm³/mol. The fraction of sp³-hybridized carbons (Fsp3) is 0.348. The van der Waals surface area contributed by atoms with E-state index in [9.17, 15) is 14.3 Å². The second-order valence-electron chi connectivity index (χ2n) is 7.82. The van der Waals surface area contributed by atoms with Gasteiger partial charge < -0.3 is 14.6 Å². The molecular weight excluding hydrogens is 439 g/mol. The van der Waals surface area contributed by atoms with Crippen LogP contribution in [-0.2, 0) is 16.0 Å². The van der Waals surface area contributed by atoms with Gasteiger partial charge in [-0.2, -0.15) is 0 Å². The minimum Gasteiger partial charge on any atom is -0.511 e. The highest BCUT2D eigenvalue weighted by atomic mass is 79.9. The van der Waals surface area contributed by atoms with Crippen molar-refractivity contribution in [1.82, 2.24) is 0 Å². The molecule has 3 aliphatic rings. The molecule has 2 fully saturated rings. The number of Topliss-reactive ketones (excluding diaryl/α,β-unsaturated/α-hetero) is 1. The average molecular weight is 459 g/mol. The van der Waals surface area contributed by atoms with Gasteiger partial charge >= 0.3 is 0 Å². The van der Waals surface area contributed by atoms with Gasteiger partial charge in [0.15, 0.2) is 17.3 Å². The summed E-state index contributed by atoms with van der Waals surface area (Å²) in [5, 5.41) is 11.0. The topological polar surface area (TPSA) is 55.8 Å². The fourth-order valence-corrected chi connectivity index (χ4v) is 5.27. The Hall–Kier alpha value is -2.18. The van der Waals surface area contributed by atoms with Crippen LogP contribution in [0.1, 0.15) is 30.9 Å². The lowest BCUT2D eigenvalue weighted by atomic mass is 9.80. The largest absolute Gasteiger partial charge is 0.511 e. The third-order valence-corrected chi connectivity index (χ3v) is 6.74. The van der Waals surface area contributed by atoms with E-state index in [0.717, 1.165) is 18.4 Å². The maximum absolute atomic E-state index is 14.2. The summed E-state index contributed by atoms with van der Waals surface area (Å²) in [7, 11) is 0. The van der Waals surface area contributed by atoms with Crippen LogP contribution in [0.25, 0.3) is 5.57 Å². The normalized spacial score (nSPS) is 27.6. The van der Waals surface area contributed by atoms with Gasteiger partial charge in [0.2, 0.25) is 0 Å². The summed E-state index contributed by atoms with van der Waals surface area (Å²) < 4.78 is 26.4. The lowest BCUT2D eigenvalue weighted by molar-refractivity contribution is -0.118. The maximum atomic E-state index is 14.2. The number of ether oxygens (including phenoxy) is 2. The van der Waals surface area contributed by atoms with Gasteiger partial charge in [-0.15, -0.1) is 0 Å². The van der Waals surface area contributed by atoms with Gasteiger partial charge in [-0.05, 0) is 60.7 Å².